The molecule has 42 heavy (non-hydrogen) atoms. The second kappa shape index (κ2) is 10.5. The summed E-state index contributed by atoms with van der Waals surface area (Å²) in [6.07, 6.45) is 0. The Bertz CT molecular complexity index is 1940. The zero-order valence-corrected chi connectivity index (χ0v) is 23.3. The summed E-state index contributed by atoms with van der Waals surface area (Å²) < 4.78 is 37.6. The first kappa shape index (κ1) is 27.3. The third kappa shape index (κ3) is 4.81. The van der Waals surface area contributed by atoms with Crippen LogP contribution in [0, 0.1) is 0 Å². The third-order valence-electron chi connectivity index (χ3n) is 7.04. The molecule has 1 heterocycles. The van der Waals surface area contributed by atoms with Crippen molar-refractivity contribution < 1.29 is 32.6 Å². The zero-order chi connectivity index (χ0) is 29.5. The van der Waals surface area contributed by atoms with Crippen molar-refractivity contribution in [2.24, 2.45) is 0 Å². The van der Waals surface area contributed by atoms with E-state index in [4.69, 9.17) is 20.2 Å². The fraction of sp³-hybridized carbons (Fsp3) is 0.0303. The van der Waals surface area contributed by atoms with Gasteiger partial charge in [-0.15, -0.1) is 0 Å². The highest BCUT2D eigenvalue weighted by Crippen LogP contribution is 2.48. The lowest BCUT2D eigenvalue weighted by molar-refractivity contribution is 0.0251. The molecule has 0 aromatic heterocycles. The molecule has 0 radical (unpaired) electrons. The molecule has 7 nitrogen and oxygen atoms in total. The molecular weight excluding hydrogens is 576 g/mol. The lowest BCUT2D eigenvalue weighted by Gasteiger charge is -2.30. The number of rotatable bonds is 7. The van der Waals surface area contributed by atoms with Gasteiger partial charge < -0.3 is 14.6 Å². The van der Waals surface area contributed by atoms with Gasteiger partial charge in [0, 0.05) is 38.5 Å². The SMILES string of the molecule is O=C(c1ccc(O)cc1)c1ccc(Oc2ccc(C3(c4ccccc4)OC(=O)c4ccccc43)cc2S(=O)(=O)Cl)cc1. The Hall–Kier alpha value is -4.92. The second-order valence-electron chi connectivity index (χ2n) is 9.58. The van der Waals surface area contributed by atoms with E-state index in [-0.39, 0.29) is 27.9 Å². The van der Waals surface area contributed by atoms with Gasteiger partial charge in [0.2, 0.25) is 0 Å². The van der Waals surface area contributed by atoms with Crippen LogP contribution in [0.3, 0.4) is 0 Å². The van der Waals surface area contributed by atoms with E-state index in [0.717, 1.165) is 0 Å². The highest BCUT2D eigenvalue weighted by molar-refractivity contribution is 8.13. The summed E-state index contributed by atoms with van der Waals surface area (Å²) in [6.45, 7) is 0. The van der Waals surface area contributed by atoms with Gasteiger partial charge in [0.1, 0.15) is 22.1 Å². The van der Waals surface area contributed by atoms with E-state index in [1.54, 1.807) is 66.7 Å². The minimum absolute atomic E-state index is 0.0489. The van der Waals surface area contributed by atoms with E-state index in [9.17, 15) is 23.1 Å². The van der Waals surface area contributed by atoms with Crippen molar-refractivity contribution in [1.82, 2.24) is 0 Å². The Kier molecular flexibility index (Phi) is 6.80. The Labute approximate surface area is 246 Å². The maximum absolute atomic E-state index is 13.0. The molecule has 5 aromatic rings. The maximum atomic E-state index is 13.0. The van der Waals surface area contributed by atoms with E-state index in [2.05, 4.69) is 0 Å². The van der Waals surface area contributed by atoms with Crippen molar-refractivity contribution in [3.8, 4) is 17.2 Å². The normalized spacial score (nSPS) is 16.0. The number of ether oxygens (including phenoxy) is 2. The van der Waals surface area contributed by atoms with E-state index in [1.165, 1.54) is 48.5 Å². The first-order chi connectivity index (χ1) is 20.2. The van der Waals surface area contributed by atoms with Gasteiger partial charge in [0.25, 0.3) is 9.05 Å². The number of ketones is 1. The maximum Gasteiger partial charge on any atom is 0.340 e. The summed E-state index contributed by atoms with van der Waals surface area (Å²) in [5, 5.41) is 9.47. The number of hydrogen-bond donors (Lipinski definition) is 1. The van der Waals surface area contributed by atoms with E-state index in [1.807, 2.05) is 6.07 Å². The van der Waals surface area contributed by atoms with Crippen molar-refractivity contribution in [2.75, 3.05) is 0 Å². The number of carbonyl (C=O) groups excluding carboxylic acids is 2. The van der Waals surface area contributed by atoms with Gasteiger partial charge >= 0.3 is 5.97 Å². The molecule has 0 saturated carbocycles. The van der Waals surface area contributed by atoms with Gasteiger partial charge in [-0.25, -0.2) is 13.2 Å². The molecule has 1 unspecified atom stereocenters. The van der Waals surface area contributed by atoms with Gasteiger partial charge in [-0.3, -0.25) is 4.79 Å². The fourth-order valence-corrected chi connectivity index (χ4v) is 6.05. The van der Waals surface area contributed by atoms with Crippen LogP contribution in [0.5, 0.6) is 17.2 Å². The molecule has 5 aromatic carbocycles. The molecule has 9 heteroatoms. The number of fused-ring (bicyclic) bond motifs is 1. The molecule has 1 aliphatic heterocycles. The average molecular weight is 597 g/mol. The lowest BCUT2D eigenvalue weighted by atomic mass is 9.80. The number of hydrogen-bond acceptors (Lipinski definition) is 7. The first-order valence-corrected chi connectivity index (χ1v) is 15.1. The Morgan fingerprint density at radius 3 is 2.05 bits per heavy atom. The van der Waals surface area contributed by atoms with Crippen molar-refractivity contribution in [3.63, 3.8) is 0 Å². The summed E-state index contributed by atoms with van der Waals surface area (Å²) in [7, 11) is 1.56. The smallest absolute Gasteiger partial charge is 0.340 e. The van der Waals surface area contributed by atoms with Crippen molar-refractivity contribution in [3.05, 3.63) is 155 Å². The van der Waals surface area contributed by atoms with E-state index in [0.29, 0.717) is 33.4 Å². The molecule has 0 saturated heterocycles. The molecular formula is C33H21ClO7S. The molecule has 1 N–H and O–H groups in total. The second-order valence-corrected chi connectivity index (χ2v) is 12.1. The van der Waals surface area contributed by atoms with Crippen LogP contribution >= 0.6 is 10.7 Å². The Morgan fingerprint density at radius 2 is 1.38 bits per heavy atom. The van der Waals surface area contributed by atoms with Crippen molar-refractivity contribution >= 4 is 31.5 Å². The number of esters is 1. The zero-order valence-electron chi connectivity index (χ0n) is 21.7. The molecule has 1 atom stereocenters. The topological polar surface area (TPSA) is 107 Å². The minimum atomic E-state index is -4.33. The van der Waals surface area contributed by atoms with E-state index < -0.39 is 20.6 Å². The van der Waals surface area contributed by atoms with Crippen LogP contribution in [0.4, 0.5) is 0 Å². The van der Waals surface area contributed by atoms with Crippen LogP contribution in [0.15, 0.2) is 126 Å². The number of cyclic esters (lactones) is 1. The highest BCUT2D eigenvalue weighted by Gasteiger charge is 2.48. The average Bonchev–Trinajstić information content (AvgIpc) is 3.31. The van der Waals surface area contributed by atoms with Crippen molar-refractivity contribution in [2.45, 2.75) is 10.5 Å². The number of aromatic hydroxyl groups is 1. The first-order valence-electron chi connectivity index (χ1n) is 12.8. The number of benzene rings is 5. The Balaban J connectivity index is 1.39. The van der Waals surface area contributed by atoms with E-state index >= 15 is 0 Å². The summed E-state index contributed by atoms with van der Waals surface area (Å²) in [5.74, 6) is -0.523. The quantitative estimate of drug-likeness (QED) is 0.125. The van der Waals surface area contributed by atoms with Crippen LogP contribution in [0.1, 0.15) is 43.0 Å². The van der Waals surface area contributed by atoms with Crippen LogP contribution < -0.4 is 4.74 Å². The predicted octanol–water partition coefficient (Wildman–Crippen LogP) is 6.81. The molecule has 6 rings (SSSR count). The van der Waals surface area contributed by atoms with Gasteiger partial charge in [0.05, 0.1) is 5.56 Å². The van der Waals surface area contributed by atoms with Crippen LogP contribution in [-0.4, -0.2) is 25.3 Å². The number of phenolic OH excluding ortho intramolecular Hbond substituents is 1. The summed E-state index contributed by atoms with van der Waals surface area (Å²) >= 11 is 0. The third-order valence-corrected chi connectivity index (χ3v) is 8.38. The molecule has 0 amide bonds. The minimum Gasteiger partial charge on any atom is -0.508 e. The van der Waals surface area contributed by atoms with Crippen LogP contribution in [0.25, 0.3) is 0 Å². The van der Waals surface area contributed by atoms with Gasteiger partial charge in [0.15, 0.2) is 11.4 Å². The number of phenols is 1. The molecule has 0 spiro atoms. The number of carbonyl (C=O) groups is 2. The molecule has 0 bridgehead atoms. The Morgan fingerprint density at radius 1 is 0.762 bits per heavy atom. The van der Waals surface area contributed by atoms with Crippen LogP contribution in [0.2, 0.25) is 0 Å². The largest absolute Gasteiger partial charge is 0.508 e. The standard InChI is InChI=1S/C33H21ClO7S/c34-42(38,39)30-20-24(33(23-6-2-1-3-7-23)28-9-5-4-8-27(28)32(37)41-33)14-19-29(30)40-26-17-12-22(13-18-26)31(36)21-10-15-25(35)16-11-21/h1-20,35H. The predicted molar refractivity (Wildman–Crippen MR) is 156 cm³/mol. The monoisotopic (exact) mass is 596 g/mol. The number of halogens is 1. The molecule has 208 valence electrons. The highest BCUT2D eigenvalue weighted by atomic mass is 35.7. The summed E-state index contributed by atoms with van der Waals surface area (Å²) in [4.78, 5) is 25.4. The van der Waals surface area contributed by atoms with Crippen molar-refractivity contribution in [1.29, 1.82) is 0 Å². The fourth-order valence-electron chi connectivity index (χ4n) is 5.07. The lowest BCUT2D eigenvalue weighted by Crippen LogP contribution is -2.29. The van der Waals surface area contributed by atoms with Crippen LogP contribution in [-0.2, 0) is 19.4 Å². The molecule has 0 aliphatic carbocycles. The van der Waals surface area contributed by atoms with Gasteiger partial charge in [-0.2, -0.15) is 0 Å². The molecule has 0 fully saturated rings. The van der Waals surface area contributed by atoms with Gasteiger partial charge in [-0.05, 0) is 66.7 Å². The summed E-state index contributed by atoms with van der Waals surface area (Å²) in [6, 6.07) is 32.5. The van der Waals surface area contributed by atoms with Gasteiger partial charge in [-0.1, -0.05) is 54.6 Å². The summed E-state index contributed by atoms with van der Waals surface area (Å²) in [5.41, 5.74) is 1.30. The molecule has 1 aliphatic rings.